The predicted octanol–water partition coefficient (Wildman–Crippen LogP) is 9.44. The number of fused-ring (bicyclic) bond motifs is 3. The number of hydrogen-bond donors (Lipinski definition) is 2. The van der Waals surface area contributed by atoms with E-state index in [1.807, 2.05) is 36.4 Å². The van der Waals surface area contributed by atoms with Gasteiger partial charge in [0.1, 0.15) is 23.3 Å². The van der Waals surface area contributed by atoms with Crippen LogP contribution in [0.3, 0.4) is 0 Å². The molecule has 59 heavy (non-hydrogen) atoms. The maximum atomic E-state index is 13.9. The second-order valence-corrected chi connectivity index (χ2v) is 16.1. The topological polar surface area (TPSA) is 129 Å². The van der Waals surface area contributed by atoms with Crippen LogP contribution in [0.1, 0.15) is 82.1 Å². The van der Waals surface area contributed by atoms with Gasteiger partial charge in [0.15, 0.2) is 0 Å². The molecular formula is C48H60N2O9. The summed E-state index contributed by atoms with van der Waals surface area (Å²) in [5.41, 5.74) is 2.64. The minimum atomic E-state index is -1.38. The molecule has 7 atom stereocenters. The van der Waals surface area contributed by atoms with E-state index in [1.54, 1.807) is 24.1 Å². The number of unbranched alkanes of at least 4 members (excludes halogenated alkanes) is 2. The van der Waals surface area contributed by atoms with Gasteiger partial charge in [0, 0.05) is 44.6 Å². The number of carbonyl (C=O) groups excluding carboxylic acids is 1. The van der Waals surface area contributed by atoms with Gasteiger partial charge in [-0.15, -0.1) is 13.2 Å². The van der Waals surface area contributed by atoms with Crippen LogP contribution >= 0.6 is 0 Å². The summed E-state index contributed by atoms with van der Waals surface area (Å²) in [5.74, 6) is 0.198. The fourth-order valence-corrected chi connectivity index (χ4v) is 9.53. The van der Waals surface area contributed by atoms with Crippen LogP contribution in [0, 0.1) is 17.8 Å². The Morgan fingerprint density at radius 1 is 0.966 bits per heavy atom. The van der Waals surface area contributed by atoms with Crippen molar-refractivity contribution in [3.63, 3.8) is 0 Å². The molecule has 316 valence electrons. The first-order chi connectivity index (χ1) is 28.9. The van der Waals surface area contributed by atoms with Gasteiger partial charge in [-0.05, 0) is 103 Å². The summed E-state index contributed by atoms with van der Waals surface area (Å²) in [6.45, 7) is 8.98. The molecule has 2 N–H and O–H groups in total. The van der Waals surface area contributed by atoms with Crippen molar-refractivity contribution >= 4 is 22.6 Å². The van der Waals surface area contributed by atoms with Crippen molar-refractivity contribution in [3.8, 4) is 17.2 Å². The van der Waals surface area contributed by atoms with Crippen LogP contribution in [0.4, 0.5) is 4.79 Å². The number of aliphatic hydroxyl groups is 2. The molecule has 0 radical (unpaired) electrons. The molecule has 1 amide bonds. The predicted molar refractivity (Wildman–Crippen MR) is 228 cm³/mol. The third-order valence-corrected chi connectivity index (χ3v) is 12.3. The molecule has 7 unspecified atom stereocenters. The molecule has 1 saturated carbocycles. The van der Waals surface area contributed by atoms with Gasteiger partial charge in [-0.3, -0.25) is 0 Å². The quantitative estimate of drug-likeness (QED) is 0.0692. The van der Waals surface area contributed by atoms with E-state index in [9.17, 15) is 15.0 Å². The minimum absolute atomic E-state index is 0.0757. The summed E-state index contributed by atoms with van der Waals surface area (Å²) in [6.07, 6.45) is 13.0. The standard InChI is InChI=1S/C48H60N2O9/c1-4-6-27-55-47(53)50(3)43-32-41(49-59-44-19-11-14-28-54-44)39-30-35(17-9-12-24-51)38(18-10-13-25-52)45-40-31-37(57-36-21-20-33-15-7-8-16-34(33)29-36)22-23-42(40)58-48(43,46(39)45)56-26-5-2/h4-5,7-8,15-16,20-23,29-31,35,38,43-46,51-52H,1-2,6,9-14,17-19,24-28,32H2,3H3. The van der Waals surface area contributed by atoms with E-state index in [-0.39, 0.29) is 50.6 Å². The van der Waals surface area contributed by atoms with Crippen molar-refractivity contribution in [1.29, 1.82) is 0 Å². The zero-order chi connectivity index (χ0) is 41.2. The molecule has 4 aliphatic rings. The Hall–Kier alpha value is -4.68. The molecule has 0 spiro atoms. The van der Waals surface area contributed by atoms with E-state index in [1.165, 1.54) is 0 Å². The van der Waals surface area contributed by atoms with E-state index in [0.717, 1.165) is 72.6 Å². The van der Waals surface area contributed by atoms with Crippen LogP contribution in [0.5, 0.6) is 17.2 Å². The molecular weight excluding hydrogens is 749 g/mol. The highest BCUT2D eigenvalue weighted by atomic mass is 16.8. The average Bonchev–Trinajstić information content (AvgIpc) is 3.26. The van der Waals surface area contributed by atoms with Gasteiger partial charge in [-0.1, -0.05) is 66.6 Å². The van der Waals surface area contributed by atoms with E-state index in [0.29, 0.717) is 43.1 Å². The van der Waals surface area contributed by atoms with Crippen LogP contribution in [-0.4, -0.2) is 85.1 Å². The molecule has 0 aromatic heterocycles. The molecule has 3 aromatic rings. The maximum Gasteiger partial charge on any atom is 0.409 e. The number of rotatable bonds is 19. The Morgan fingerprint density at radius 2 is 1.75 bits per heavy atom. The van der Waals surface area contributed by atoms with Crippen molar-refractivity contribution in [1.82, 2.24) is 4.90 Å². The number of allylic oxidation sites excluding steroid dienone is 1. The Kier molecular flexibility index (Phi) is 14.4. The first-order valence-electron chi connectivity index (χ1n) is 21.4. The van der Waals surface area contributed by atoms with Gasteiger partial charge in [0.05, 0.1) is 31.5 Å². The van der Waals surface area contributed by atoms with Crippen LogP contribution < -0.4 is 9.47 Å². The van der Waals surface area contributed by atoms with Crippen molar-refractivity contribution in [3.05, 3.63) is 103 Å². The Labute approximate surface area is 348 Å². The summed E-state index contributed by atoms with van der Waals surface area (Å²) >= 11 is 0. The lowest BCUT2D eigenvalue weighted by molar-refractivity contribution is -0.254. The highest BCUT2D eigenvalue weighted by molar-refractivity contribution is 6.03. The normalized spacial score (nSPS) is 26.5. The van der Waals surface area contributed by atoms with E-state index < -0.39 is 30.1 Å². The van der Waals surface area contributed by atoms with Gasteiger partial charge in [-0.25, -0.2) is 4.79 Å². The fraction of sp³-hybridized carbons (Fsp3) is 0.500. The second kappa shape index (κ2) is 20.1. The summed E-state index contributed by atoms with van der Waals surface area (Å²) in [4.78, 5) is 21.7. The fourth-order valence-electron chi connectivity index (χ4n) is 9.53. The molecule has 2 aliphatic heterocycles. The third kappa shape index (κ3) is 9.39. The monoisotopic (exact) mass is 808 g/mol. The minimum Gasteiger partial charge on any atom is -0.459 e. The first-order valence-corrected chi connectivity index (χ1v) is 21.4. The zero-order valence-electron chi connectivity index (χ0n) is 34.3. The molecule has 11 heteroatoms. The number of oxime groups is 1. The largest absolute Gasteiger partial charge is 0.459 e. The summed E-state index contributed by atoms with van der Waals surface area (Å²) in [6, 6.07) is 19.6. The lowest BCUT2D eigenvalue weighted by Crippen LogP contribution is -2.69. The molecule has 0 bridgehead atoms. The van der Waals surface area contributed by atoms with Crippen LogP contribution in [0.2, 0.25) is 0 Å². The number of benzene rings is 3. The Balaban J connectivity index is 1.39. The van der Waals surface area contributed by atoms with E-state index >= 15 is 0 Å². The smallest absolute Gasteiger partial charge is 0.409 e. The highest BCUT2D eigenvalue weighted by Gasteiger charge is 2.65. The molecule has 7 rings (SSSR count). The lowest BCUT2D eigenvalue weighted by Gasteiger charge is -2.59. The van der Waals surface area contributed by atoms with Gasteiger partial charge in [0.25, 0.3) is 0 Å². The van der Waals surface area contributed by atoms with E-state index in [4.69, 9.17) is 33.7 Å². The van der Waals surface area contributed by atoms with Gasteiger partial charge in [0.2, 0.25) is 12.1 Å². The molecule has 2 fully saturated rings. The summed E-state index contributed by atoms with van der Waals surface area (Å²) in [7, 11) is 1.73. The van der Waals surface area contributed by atoms with Crippen molar-refractivity contribution < 1.29 is 43.5 Å². The molecule has 11 nitrogen and oxygen atoms in total. The number of ether oxygens (including phenoxy) is 5. The first kappa shape index (κ1) is 42.4. The number of likely N-dealkylation sites (N-methyl/N-ethyl adjacent to an activating group) is 1. The number of hydrogen-bond acceptors (Lipinski definition) is 10. The Bertz CT molecular complexity index is 1970. The van der Waals surface area contributed by atoms with E-state index in [2.05, 4.69) is 43.5 Å². The van der Waals surface area contributed by atoms with Gasteiger partial charge in [-0.2, -0.15) is 0 Å². The number of amides is 1. The third-order valence-electron chi connectivity index (χ3n) is 12.3. The summed E-state index contributed by atoms with van der Waals surface area (Å²) in [5, 5.41) is 26.9. The van der Waals surface area contributed by atoms with Crippen LogP contribution in [-0.2, 0) is 19.0 Å². The summed E-state index contributed by atoms with van der Waals surface area (Å²) < 4.78 is 32.6. The second-order valence-electron chi connectivity index (χ2n) is 16.1. The van der Waals surface area contributed by atoms with Crippen LogP contribution in [0.15, 0.2) is 103 Å². The number of carbonyl (C=O) groups is 1. The highest BCUT2D eigenvalue weighted by Crippen LogP contribution is 2.62. The lowest BCUT2D eigenvalue weighted by atomic mass is 9.55. The van der Waals surface area contributed by atoms with Gasteiger partial charge >= 0.3 is 6.09 Å². The molecule has 2 heterocycles. The van der Waals surface area contributed by atoms with Crippen molar-refractivity contribution in [2.75, 3.05) is 40.1 Å². The molecule has 2 aliphatic carbocycles. The Morgan fingerprint density at radius 3 is 2.51 bits per heavy atom. The average molecular weight is 809 g/mol. The molecule has 1 saturated heterocycles. The van der Waals surface area contributed by atoms with Crippen molar-refractivity contribution in [2.24, 2.45) is 22.9 Å². The zero-order valence-corrected chi connectivity index (χ0v) is 34.3. The molecule has 3 aromatic carbocycles. The number of nitrogens with zero attached hydrogens (tertiary/aromatic N) is 2. The van der Waals surface area contributed by atoms with Gasteiger partial charge < -0.3 is 43.6 Å². The maximum absolute atomic E-state index is 13.9. The van der Waals surface area contributed by atoms with Crippen LogP contribution in [0.25, 0.3) is 10.8 Å². The van der Waals surface area contributed by atoms with Crippen molar-refractivity contribution in [2.45, 2.75) is 94.7 Å². The number of aliphatic hydroxyl groups excluding tert-OH is 2. The SMILES string of the molecule is C=CCCOC(=O)N(C)C1CC(=NOC2CCCCO2)C2=CC(CCCCO)C(CCCCO)C3c4cc(Oc5ccc6ccccc6c5)ccc4OC1(OCC=C)C23.